The van der Waals surface area contributed by atoms with Crippen LogP contribution in [0.4, 0.5) is 0 Å². The third-order valence-corrected chi connectivity index (χ3v) is 5.63. The lowest BCUT2D eigenvalue weighted by atomic mass is 10.1. The molecule has 7 nitrogen and oxygen atoms in total. The summed E-state index contributed by atoms with van der Waals surface area (Å²) in [6.07, 6.45) is 0.730. The number of hydrogen-bond acceptors (Lipinski definition) is 4. The van der Waals surface area contributed by atoms with Crippen molar-refractivity contribution in [2.75, 3.05) is 39.8 Å². The summed E-state index contributed by atoms with van der Waals surface area (Å²) in [7, 11) is 1.62. The van der Waals surface area contributed by atoms with Gasteiger partial charge in [0, 0.05) is 38.5 Å². The lowest BCUT2D eigenvalue weighted by Crippen LogP contribution is -2.40. The van der Waals surface area contributed by atoms with Gasteiger partial charge < -0.3 is 25.4 Å². The molecule has 0 bridgehead atoms. The van der Waals surface area contributed by atoms with Gasteiger partial charge in [0.15, 0.2) is 5.96 Å². The first-order valence-corrected chi connectivity index (χ1v) is 11.2. The Balaban J connectivity index is 0.00000385. The summed E-state index contributed by atoms with van der Waals surface area (Å²) in [6.45, 7) is 5.14. The molecule has 1 fully saturated rings. The topological polar surface area (TPSA) is 86.2 Å². The van der Waals surface area contributed by atoms with Crippen molar-refractivity contribution < 1.29 is 14.6 Å². The minimum absolute atomic E-state index is 0. The SMILES string of the molecule is CCNC(=NCC(O)c1ccc(OC)cc1)NCC1CC(=O)N(CCc2ccccc2)C1.I. The average Bonchev–Trinajstić information content (AvgIpc) is 3.19. The van der Waals surface area contributed by atoms with Gasteiger partial charge in [-0.25, -0.2) is 0 Å². The van der Waals surface area contributed by atoms with Gasteiger partial charge >= 0.3 is 0 Å². The van der Waals surface area contributed by atoms with E-state index in [0.717, 1.165) is 37.4 Å². The Morgan fingerprint density at radius 2 is 1.91 bits per heavy atom. The van der Waals surface area contributed by atoms with Gasteiger partial charge in [-0.15, -0.1) is 24.0 Å². The number of carbonyl (C=O) groups excluding carboxylic acids is 1. The molecule has 1 aliphatic rings. The Morgan fingerprint density at radius 1 is 1.18 bits per heavy atom. The smallest absolute Gasteiger partial charge is 0.223 e. The largest absolute Gasteiger partial charge is 0.497 e. The molecule has 0 radical (unpaired) electrons. The van der Waals surface area contributed by atoms with Crippen molar-refractivity contribution in [1.82, 2.24) is 15.5 Å². The summed E-state index contributed by atoms with van der Waals surface area (Å²) < 4.78 is 5.16. The van der Waals surface area contributed by atoms with E-state index >= 15 is 0 Å². The van der Waals surface area contributed by atoms with E-state index in [1.54, 1.807) is 7.11 Å². The molecule has 8 heteroatoms. The van der Waals surface area contributed by atoms with Crippen LogP contribution in [0.15, 0.2) is 59.6 Å². The predicted molar refractivity (Wildman–Crippen MR) is 142 cm³/mol. The number of nitrogens with one attached hydrogen (secondary N) is 2. The number of amides is 1. The van der Waals surface area contributed by atoms with E-state index in [1.807, 2.05) is 54.3 Å². The molecule has 1 amide bonds. The summed E-state index contributed by atoms with van der Waals surface area (Å²) in [5.74, 6) is 1.86. The van der Waals surface area contributed by atoms with Crippen LogP contribution < -0.4 is 15.4 Å². The highest BCUT2D eigenvalue weighted by molar-refractivity contribution is 14.0. The number of hydrogen-bond donors (Lipinski definition) is 3. The van der Waals surface area contributed by atoms with Crippen LogP contribution in [0.5, 0.6) is 5.75 Å². The number of carbonyl (C=O) groups is 1. The highest BCUT2D eigenvalue weighted by Crippen LogP contribution is 2.19. The number of halogens is 1. The molecule has 180 valence electrons. The van der Waals surface area contributed by atoms with Crippen LogP contribution in [0.2, 0.25) is 0 Å². The fourth-order valence-corrected chi connectivity index (χ4v) is 3.81. The van der Waals surface area contributed by atoms with Crippen molar-refractivity contribution >= 4 is 35.8 Å². The number of nitrogens with zero attached hydrogens (tertiary/aromatic N) is 2. The van der Waals surface area contributed by atoms with Crippen LogP contribution in [0, 0.1) is 5.92 Å². The first-order chi connectivity index (χ1) is 15.6. The van der Waals surface area contributed by atoms with Crippen molar-refractivity contribution in [3.8, 4) is 5.75 Å². The van der Waals surface area contributed by atoms with Crippen molar-refractivity contribution in [2.45, 2.75) is 25.9 Å². The molecular weight excluding hydrogens is 531 g/mol. The van der Waals surface area contributed by atoms with Gasteiger partial charge in [0.1, 0.15) is 5.75 Å². The minimum Gasteiger partial charge on any atom is -0.497 e. The normalized spacial score (nSPS) is 16.8. The molecule has 3 rings (SSSR count). The molecule has 3 N–H and O–H groups in total. The van der Waals surface area contributed by atoms with Crippen molar-refractivity contribution in [3.63, 3.8) is 0 Å². The predicted octanol–water partition coefficient (Wildman–Crippen LogP) is 2.99. The van der Waals surface area contributed by atoms with Crippen molar-refractivity contribution in [1.29, 1.82) is 0 Å². The Kier molecular flexibility index (Phi) is 11.5. The summed E-state index contributed by atoms with van der Waals surface area (Å²) in [4.78, 5) is 18.9. The number of ether oxygens (including phenoxy) is 1. The molecule has 33 heavy (non-hydrogen) atoms. The molecule has 2 unspecified atom stereocenters. The number of methoxy groups -OCH3 is 1. The van der Waals surface area contributed by atoms with Crippen LogP contribution in [-0.4, -0.2) is 61.7 Å². The van der Waals surface area contributed by atoms with E-state index in [0.29, 0.717) is 18.9 Å². The van der Waals surface area contributed by atoms with E-state index in [2.05, 4.69) is 27.8 Å². The number of likely N-dealkylation sites (tertiary alicyclic amines) is 1. The van der Waals surface area contributed by atoms with Crippen LogP contribution >= 0.6 is 24.0 Å². The van der Waals surface area contributed by atoms with Crippen molar-refractivity contribution in [3.05, 3.63) is 65.7 Å². The third-order valence-electron chi connectivity index (χ3n) is 5.63. The first kappa shape index (κ1) is 26.9. The zero-order valence-electron chi connectivity index (χ0n) is 19.4. The molecule has 1 aliphatic heterocycles. The second-order valence-corrected chi connectivity index (χ2v) is 8.03. The van der Waals surface area contributed by atoms with E-state index in [4.69, 9.17) is 4.74 Å². The quantitative estimate of drug-likeness (QED) is 0.234. The first-order valence-electron chi connectivity index (χ1n) is 11.2. The van der Waals surface area contributed by atoms with Gasteiger partial charge in [0.2, 0.25) is 5.91 Å². The fraction of sp³-hybridized carbons (Fsp3) is 0.440. The zero-order chi connectivity index (χ0) is 22.8. The zero-order valence-corrected chi connectivity index (χ0v) is 21.7. The lowest BCUT2D eigenvalue weighted by molar-refractivity contribution is -0.127. The number of aliphatic hydroxyl groups is 1. The maximum atomic E-state index is 12.4. The van der Waals surface area contributed by atoms with Crippen LogP contribution in [0.3, 0.4) is 0 Å². The second-order valence-electron chi connectivity index (χ2n) is 8.03. The van der Waals surface area contributed by atoms with E-state index < -0.39 is 6.10 Å². The number of benzene rings is 2. The Morgan fingerprint density at radius 3 is 2.58 bits per heavy atom. The third kappa shape index (κ3) is 8.51. The summed E-state index contributed by atoms with van der Waals surface area (Å²) in [5, 5.41) is 17.0. The Hall–Kier alpha value is -2.33. The standard InChI is InChI=1S/C25H34N4O3.HI/c1-3-26-25(28-17-23(30)21-9-11-22(32-2)12-10-21)27-16-20-15-24(31)29(18-20)14-13-19-7-5-4-6-8-19;/h4-12,20,23,30H,3,13-18H2,1-2H3,(H2,26,27,28);1H. The number of aliphatic imine (C=N–C) groups is 1. The average molecular weight is 566 g/mol. The molecule has 2 aromatic rings. The maximum absolute atomic E-state index is 12.4. The molecule has 1 saturated heterocycles. The second kappa shape index (κ2) is 14.0. The molecule has 2 atom stereocenters. The van der Waals surface area contributed by atoms with Gasteiger partial charge in [0.25, 0.3) is 0 Å². The molecule has 0 aliphatic carbocycles. The molecule has 1 heterocycles. The lowest BCUT2D eigenvalue weighted by Gasteiger charge is -2.18. The van der Waals surface area contributed by atoms with E-state index in [9.17, 15) is 9.90 Å². The number of aliphatic hydroxyl groups excluding tert-OH is 1. The minimum atomic E-state index is -0.696. The van der Waals surface area contributed by atoms with E-state index in [-0.39, 0.29) is 42.3 Å². The van der Waals surface area contributed by atoms with Crippen LogP contribution in [0.25, 0.3) is 0 Å². The Bertz CT molecular complexity index is 877. The van der Waals surface area contributed by atoms with Gasteiger partial charge in [-0.2, -0.15) is 0 Å². The summed E-state index contributed by atoms with van der Waals surface area (Å²) in [5.41, 5.74) is 2.04. The molecule has 0 saturated carbocycles. The number of rotatable bonds is 10. The molecular formula is C25H35IN4O3. The molecule has 0 spiro atoms. The van der Waals surface area contributed by atoms with Gasteiger partial charge in [-0.1, -0.05) is 42.5 Å². The highest BCUT2D eigenvalue weighted by atomic mass is 127. The summed E-state index contributed by atoms with van der Waals surface area (Å²) in [6, 6.07) is 17.6. The summed E-state index contributed by atoms with van der Waals surface area (Å²) >= 11 is 0. The van der Waals surface area contributed by atoms with Gasteiger partial charge in [-0.3, -0.25) is 9.79 Å². The van der Waals surface area contributed by atoms with Gasteiger partial charge in [-0.05, 0) is 36.6 Å². The Labute approximate surface area is 213 Å². The maximum Gasteiger partial charge on any atom is 0.223 e. The van der Waals surface area contributed by atoms with Crippen molar-refractivity contribution in [2.24, 2.45) is 10.9 Å². The molecule has 2 aromatic carbocycles. The molecule has 0 aromatic heterocycles. The van der Waals surface area contributed by atoms with E-state index in [1.165, 1.54) is 5.56 Å². The van der Waals surface area contributed by atoms with Crippen LogP contribution in [-0.2, 0) is 11.2 Å². The van der Waals surface area contributed by atoms with Crippen LogP contribution in [0.1, 0.15) is 30.6 Å². The monoisotopic (exact) mass is 566 g/mol. The van der Waals surface area contributed by atoms with Gasteiger partial charge in [0.05, 0.1) is 19.8 Å². The highest BCUT2D eigenvalue weighted by Gasteiger charge is 2.29. The fourth-order valence-electron chi connectivity index (χ4n) is 3.81. The number of guanidine groups is 1.